The van der Waals surface area contributed by atoms with Crippen LogP contribution in [0.4, 0.5) is 4.79 Å². The molecule has 1 saturated carbocycles. The molecule has 0 spiro atoms. The van der Waals surface area contributed by atoms with Crippen LogP contribution in [0.3, 0.4) is 0 Å². The smallest absolute Gasteiger partial charge is 0.416 e. The number of rotatable bonds is 12. The summed E-state index contributed by atoms with van der Waals surface area (Å²) in [4.78, 5) is 30.0. The molecule has 5 rings (SSSR count). The number of aromatic nitrogens is 1. The first kappa shape index (κ1) is 26.8. The molecule has 1 fully saturated rings. The van der Waals surface area contributed by atoms with Crippen molar-refractivity contribution in [2.75, 3.05) is 13.2 Å². The lowest BCUT2D eigenvalue weighted by atomic mass is 10.2. The molecule has 3 aromatic carbocycles. The molecule has 0 unspecified atom stereocenters. The monoisotopic (exact) mass is 542 g/mol. The first-order chi connectivity index (χ1) is 19.4. The van der Waals surface area contributed by atoms with Crippen molar-refractivity contribution in [1.82, 2.24) is 9.88 Å². The molecule has 9 nitrogen and oxygen atoms in total. The van der Waals surface area contributed by atoms with E-state index in [9.17, 15) is 14.7 Å². The van der Waals surface area contributed by atoms with Gasteiger partial charge in [0.2, 0.25) is 5.89 Å². The minimum absolute atomic E-state index is 0.0596. The van der Waals surface area contributed by atoms with Crippen LogP contribution in [0.2, 0.25) is 0 Å². The van der Waals surface area contributed by atoms with Crippen molar-refractivity contribution in [2.24, 2.45) is 0 Å². The summed E-state index contributed by atoms with van der Waals surface area (Å²) in [6.07, 6.45) is 2.05. The number of hydrogen-bond donors (Lipinski definition) is 1. The van der Waals surface area contributed by atoms with E-state index in [-0.39, 0.29) is 12.6 Å². The van der Waals surface area contributed by atoms with Gasteiger partial charge < -0.3 is 23.7 Å². The number of carbonyl (C=O) groups excluding carboxylic acids is 1. The second kappa shape index (κ2) is 12.4. The van der Waals surface area contributed by atoms with E-state index in [0.29, 0.717) is 36.2 Å². The Morgan fingerprint density at radius 2 is 1.73 bits per heavy atom. The third kappa shape index (κ3) is 7.41. The number of oxazole rings is 1. The Labute approximate surface area is 231 Å². The summed E-state index contributed by atoms with van der Waals surface area (Å²) in [5.41, 5.74) is 2.49. The first-order valence-corrected chi connectivity index (χ1v) is 13.1. The molecule has 1 aromatic heterocycles. The van der Waals surface area contributed by atoms with Gasteiger partial charge in [0.15, 0.2) is 0 Å². The van der Waals surface area contributed by atoms with E-state index < -0.39 is 18.6 Å². The molecule has 1 heterocycles. The number of carboxylic acids is 1. The van der Waals surface area contributed by atoms with Crippen LogP contribution >= 0.6 is 0 Å². The summed E-state index contributed by atoms with van der Waals surface area (Å²) in [6.45, 7) is 1.85. The van der Waals surface area contributed by atoms with Gasteiger partial charge in [-0.1, -0.05) is 36.4 Å². The van der Waals surface area contributed by atoms with E-state index in [1.807, 2.05) is 37.3 Å². The normalized spacial score (nSPS) is 12.5. The minimum Gasteiger partial charge on any atom is -0.493 e. The Hall–Kier alpha value is -4.79. The molecule has 0 bridgehead atoms. The van der Waals surface area contributed by atoms with Gasteiger partial charge in [-0.3, -0.25) is 9.69 Å². The third-order valence-electron chi connectivity index (χ3n) is 6.24. The van der Waals surface area contributed by atoms with Gasteiger partial charge in [0.1, 0.15) is 29.6 Å². The number of carbonyl (C=O) groups is 2. The van der Waals surface area contributed by atoms with Gasteiger partial charge in [-0.15, -0.1) is 0 Å². The van der Waals surface area contributed by atoms with E-state index in [1.54, 1.807) is 48.5 Å². The number of aryl methyl sites for hydroxylation is 1. The zero-order chi connectivity index (χ0) is 27.9. The molecule has 1 N–H and O–H groups in total. The van der Waals surface area contributed by atoms with Crippen LogP contribution in [0.5, 0.6) is 17.2 Å². The van der Waals surface area contributed by atoms with Crippen LogP contribution in [0.1, 0.15) is 29.9 Å². The molecule has 9 heteroatoms. The maximum absolute atomic E-state index is 12.8. The second-order valence-electron chi connectivity index (χ2n) is 9.54. The lowest BCUT2D eigenvalue weighted by Crippen LogP contribution is -2.37. The number of benzene rings is 3. The fraction of sp³-hybridized carbons (Fsp3) is 0.258. The molecular formula is C31H30N2O7. The topological polar surface area (TPSA) is 111 Å². The van der Waals surface area contributed by atoms with Crippen molar-refractivity contribution in [3.8, 4) is 28.7 Å². The maximum atomic E-state index is 12.8. The van der Waals surface area contributed by atoms with Gasteiger partial charge in [0.05, 0.1) is 18.4 Å². The van der Waals surface area contributed by atoms with Crippen LogP contribution in [0.25, 0.3) is 11.5 Å². The van der Waals surface area contributed by atoms with Gasteiger partial charge >= 0.3 is 12.1 Å². The van der Waals surface area contributed by atoms with E-state index in [1.165, 1.54) is 0 Å². The second-order valence-corrected chi connectivity index (χ2v) is 9.54. The fourth-order valence-electron chi connectivity index (χ4n) is 4.04. The fourth-order valence-corrected chi connectivity index (χ4v) is 4.04. The number of carboxylic acid groups (broad SMARTS) is 1. The Kier molecular flexibility index (Phi) is 8.29. The zero-order valence-electron chi connectivity index (χ0n) is 22.1. The number of amides is 1. The van der Waals surface area contributed by atoms with Crippen molar-refractivity contribution < 1.29 is 33.3 Å². The van der Waals surface area contributed by atoms with E-state index in [2.05, 4.69) is 4.98 Å². The Morgan fingerprint density at radius 3 is 2.45 bits per heavy atom. The highest BCUT2D eigenvalue weighted by Crippen LogP contribution is 2.29. The molecule has 40 heavy (non-hydrogen) atoms. The van der Waals surface area contributed by atoms with Gasteiger partial charge in [0, 0.05) is 24.6 Å². The molecular weight excluding hydrogens is 512 g/mol. The number of ether oxygens (including phenoxy) is 3. The summed E-state index contributed by atoms with van der Waals surface area (Å²) >= 11 is 0. The van der Waals surface area contributed by atoms with E-state index >= 15 is 0 Å². The molecule has 4 aromatic rings. The van der Waals surface area contributed by atoms with Crippen molar-refractivity contribution in [3.63, 3.8) is 0 Å². The van der Waals surface area contributed by atoms with Crippen LogP contribution in [-0.4, -0.2) is 46.3 Å². The minimum atomic E-state index is -1.14. The van der Waals surface area contributed by atoms with Crippen molar-refractivity contribution in [3.05, 3.63) is 95.9 Å². The maximum Gasteiger partial charge on any atom is 0.416 e. The Morgan fingerprint density at radius 1 is 0.975 bits per heavy atom. The predicted molar refractivity (Wildman–Crippen MR) is 146 cm³/mol. The quantitative estimate of drug-likeness (QED) is 0.236. The zero-order valence-corrected chi connectivity index (χ0v) is 22.1. The van der Waals surface area contributed by atoms with E-state index in [0.717, 1.165) is 40.3 Å². The van der Waals surface area contributed by atoms with Crippen LogP contribution in [0, 0.1) is 6.92 Å². The average molecular weight is 543 g/mol. The molecule has 0 radical (unpaired) electrons. The van der Waals surface area contributed by atoms with Gasteiger partial charge in [-0.2, -0.15) is 0 Å². The third-order valence-corrected chi connectivity index (χ3v) is 6.24. The highest BCUT2D eigenvalue weighted by molar-refractivity contribution is 5.78. The summed E-state index contributed by atoms with van der Waals surface area (Å²) in [5.74, 6) is 1.75. The van der Waals surface area contributed by atoms with Crippen molar-refractivity contribution >= 4 is 12.1 Å². The van der Waals surface area contributed by atoms with Gasteiger partial charge in [-0.25, -0.2) is 9.78 Å². The lowest BCUT2D eigenvalue weighted by molar-refractivity contribution is -0.138. The van der Waals surface area contributed by atoms with Crippen molar-refractivity contribution in [2.45, 2.75) is 38.8 Å². The highest BCUT2D eigenvalue weighted by Gasteiger charge is 2.24. The van der Waals surface area contributed by atoms with Crippen molar-refractivity contribution in [1.29, 1.82) is 0 Å². The predicted octanol–water partition coefficient (Wildman–Crippen LogP) is 5.90. The van der Waals surface area contributed by atoms with E-state index in [4.69, 9.17) is 18.6 Å². The first-order valence-electron chi connectivity index (χ1n) is 13.1. The van der Waals surface area contributed by atoms with Crippen LogP contribution in [-0.2, 0) is 17.8 Å². The standard InChI is InChI=1S/C31H30N2O7/c1-21-28(32-30(38-21)23-6-3-2-4-7-23)16-17-37-24-12-10-22(11-13-24)19-33(20-29(34)35)31(36)40-27-9-5-8-26(18-27)39-25-14-15-25/h2-13,18,25H,14-17,19-20H2,1H3,(H,34,35). The highest BCUT2D eigenvalue weighted by atomic mass is 16.6. The Balaban J connectivity index is 1.15. The molecule has 0 saturated heterocycles. The molecule has 1 amide bonds. The molecule has 1 aliphatic rings. The summed E-state index contributed by atoms with van der Waals surface area (Å²) in [5, 5.41) is 9.35. The number of nitrogens with zero attached hydrogens (tertiary/aromatic N) is 2. The summed E-state index contributed by atoms with van der Waals surface area (Å²) in [6, 6.07) is 23.6. The SMILES string of the molecule is Cc1oc(-c2ccccc2)nc1CCOc1ccc(CN(CC(=O)O)C(=O)Oc2cccc(OC3CC3)c2)cc1. The number of aliphatic carboxylic acids is 1. The molecule has 0 aliphatic heterocycles. The summed E-state index contributed by atoms with van der Waals surface area (Å²) in [7, 11) is 0. The average Bonchev–Trinajstić information content (AvgIpc) is 3.69. The number of hydrogen-bond acceptors (Lipinski definition) is 7. The van der Waals surface area contributed by atoms with Crippen LogP contribution in [0.15, 0.2) is 83.3 Å². The summed E-state index contributed by atoms with van der Waals surface area (Å²) < 4.78 is 22.9. The van der Waals surface area contributed by atoms with Crippen LogP contribution < -0.4 is 14.2 Å². The van der Waals surface area contributed by atoms with Gasteiger partial charge in [-0.05, 0) is 61.7 Å². The molecule has 0 atom stereocenters. The molecule has 1 aliphatic carbocycles. The van der Waals surface area contributed by atoms with Gasteiger partial charge in [0.25, 0.3) is 0 Å². The lowest BCUT2D eigenvalue weighted by Gasteiger charge is -2.20. The molecule has 206 valence electrons. The Bertz CT molecular complexity index is 1450. The largest absolute Gasteiger partial charge is 0.493 e.